The van der Waals surface area contributed by atoms with E-state index in [0.717, 1.165) is 0 Å². The fourth-order valence-corrected chi connectivity index (χ4v) is 2.58. The molecule has 0 aromatic carbocycles. The highest BCUT2D eigenvalue weighted by atomic mass is 16.8. The van der Waals surface area contributed by atoms with Gasteiger partial charge in [-0.2, -0.15) is 0 Å². The number of hydrogen-bond acceptors (Lipinski definition) is 5. The van der Waals surface area contributed by atoms with Crippen LogP contribution in [0, 0.1) is 5.92 Å². The number of fused-ring (bicyclic) bond motifs is 1. The van der Waals surface area contributed by atoms with Gasteiger partial charge in [0.15, 0.2) is 12.1 Å². The molecule has 2 aliphatic heterocycles. The van der Waals surface area contributed by atoms with Crippen molar-refractivity contribution in [1.82, 2.24) is 0 Å². The lowest BCUT2D eigenvalue weighted by molar-refractivity contribution is -0.255. The van der Waals surface area contributed by atoms with Crippen molar-refractivity contribution in [2.75, 3.05) is 6.61 Å². The molecule has 0 spiro atoms. The molecule has 5 heteroatoms. The van der Waals surface area contributed by atoms with Crippen molar-refractivity contribution in [2.45, 2.75) is 57.6 Å². The molecule has 0 radical (unpaired) electrons. The number of aliphatic hydroxyl groups excluding tert-OH is 2. The Morgan fingerprint density at radius 2 is 1.88 bits per heavy atom. The second-order valence-electron chi connectivity index (χ2n) is 5.16. The number of rotatable bonds is 2. The average Bonchev–Trinajstić information content (AvgIpc) is 2.59. The zero-order valence-electron chi connectivity index (χ0n) is 10.1. The number of aliphatic hydroxyl groups is 2. The molecule has 2 aliphatic rings. The summed E-state index contributed by atoms with van der Waals surface area (Å²) < 4.78 is 17.0. The summed E-state index contributed by atoms with van der Waals surface area (Å²) in [6, 6.07) is 0. The Bertz CT molecular complexity index is 278. The Morgan fingerprint density at radius 3 is 2.31 bits per heavy atom. The fourth-order valence-electron chi connectivity index (χ4n) is 2.58. The maximum Gasteiger partial charge on any atom is 0.188 e. The van der Waals surface area contributed by atoms with E-state index >= 15 is 0 Å². The molecule has 2 saturated heterocycles. The van der Waals surface area contributed by atoms with Crippen molar-refractivity contribution in [3.8, 4) is 0 Å². The molecule has 2 N–H and O–H groups in total. The number of hydrogen-bond donors (Lipinski definition) is 2. The lowest BCUT2D eigenvalue weighted by Gasteiger charge is -2.36. The highest BCUT2D eigenvalue weighted by Gasteiger charge is 2.61. The molecule has 5 nitrogen and oxygen atoms in total. The summed E-state index contributed by atoms with van der Waals surface area (Å²) in [7, 11) is 0. The van der Waals surface area contributed by atoms with Crippen molar-refractivity contribution in [3.63, 3.8) is 0 Å². The van der Waals surface area contributed by atoms with Gasteiger partial charge in [-0.1, -0.05) is 6.92 Å². The monoisotopic (exact) mass is 232 g/mol. The first-order valence-corrected chi connectivity index (χ1v) is 5.65. The topological polar surface area (TPSA) is 68.2 Å². The first-order chi connectivity index (χ1) is 7.32. The summed E-state index contributed by atoms with van der Waals surface area (Å²) in [6.07, 6.45) is -1.52. The van der Waals surface area contributed by atoms with Crippen LogP contribution in [-0.2, 0) is 14.2 Å². The molecule has 5 atom stereocenters. The van der Waals surface area contributed by atoms with E-state index < -0.39 is 23.8 Å². The van der Waals surface area contributed by atoms with Crippen molar-refractivity contribution in [2.24, 2.45) is 5.92 Å². The van der Waals surface area contributed by atoms with Crippen molar-refractivity contribution >= 4 is 0 Å². The zero-order chi connectivity index (χ0) is 12.1. The van der Waals surface area contributed by atoms with Gasteiger partial charge in [0.1, 0.15) is 11.7 Å². The van der Waals surface area contributed by atoms with Crippen LogP contribution in [0.25, 0.3) is 0 Å². The van der Waals surface area contributed by atoms with E-state index in [-0.39, 0.29) is 18.6 Å². The lowest BCUT2D eigenvalue weighted by Crippen LogP contribution is -2.50. The van der Waals surface area contributed by atoms with Crippen LogP contribution < -0.4 is 0 Å². The molecule has 0 bridgehead atoms. The van der Waals surface area contributed by atoms with Crippen molar-refractivity contribution in [3.05, 3.63) is 0 Å². The quantitative estimate of drug-likeness (QED) is 0.714. The van der Waals surface area contributed by atoms with Crippen LogP contribution in [0.5, 0.6) is 0 Å². The predicted octanol–water partition coefficient (Wildman–Crippen LogP) is 0.242. The smallest absolute Gasteiger partial charge is 0.188 e. The highest BCUT2D eigenvalue weighted by Crippen LogP contribution is 2.46. The van der Waals surface area contributed by atoms with Gasteiger partial charge in [0.05, 0.1) is 12.7 Å². The summed E-state index contributed by atoms with van der Waals surface area (Å²) in [5, 5.41) is 19.2. The summed E-state index contributed by atoms with van der Waals surface area (Å²) in [4.78, 5) is 0. The molecule has 0 aromatic heterocycles. The molecular weight excluding hydrogens is 212 g/mol. The molecule has 94 valence electrons. The summed E-state index contributed by atoms with van der Waals surface area (Å²) in [5.41, 5.74) is -0.980. The minimum Gasteiger partial charge on any atom is -0.393 e. The van der Waals surface area contributed by atoms with Gasteiger partial charge in [-0.25, -0.2) is 0 Å². The zero-order valence-corrected chi connectivity index (χ0v) is 10.1. The minimum absolute atomic E-state index is 0.121. The molecule has 16 heavy (non-hydrogen) atoms. The maximum absolute atomic E-state index is 9.76. The molecule has 0 aromatic rings. The minimum atomic E-state index is -0.980. The van der Waals surface area contributed by atoms with E-state index in [1.807, 2.05) is 20.8 Å². The Labute approximate surface area is 95.3 Å². The molecule has 0 amide bonds. The summed E-state index contributed by atoms with van der Waals surface area (Å²) >= 11 is 0. The van der Waals surface area contributed by atoms with Crippen LogP contribution in [0.15, 0.2) is 0 Å². The highest BCUT2D eigenvalue weighted by molar-refractivity contribution is 5.03. The Morgan fingerprint density at radius 1 is 1.25 bits per heavy atom. The van der Waals surface area contributed by atoms with Gasteiger partial charge in [0.25, 0.3) is 0 Å². The second kappa shape index (κ2) is 3.65. The molecule has 0 aliphatic carbocycles. The molecule has 0 unspecified atom stereocenters. The molecule has 2 rings (SSSR count). The second-order valence-corrected chi connectivity index (χ2v) is 5.16. The van der Waals surface area contributed by atoms with Gasteiger partial charge in [0, 0.05) is 5.92 Å². The van der Waals surface area contributed by atoms with Gasteiger partial charge in [-0.05, 0) is 20.8 Å². The van der Waals surface area contributed by atoms with Crippen LogP contribution in [0.3, 0.4) is 0 Å². The Hall–Kier alpha value is -0.200. The van der Waals surface area contributed by atoms with Crippen LogP contribution >= 0.6 is 0 Å². The largest absolute Gasteiger partial charge is 0.393 e. The van der Waals surface area contributed by atoms with E-state index in [4.69, 9.17) is 14.2 Å². The van der Waals surface area contributed by atoms with Crippen molar-refractivity contribution in [1.29, 1.82) is 0 Å². The van der Waals surface area contributed by atoms with Gasteiger partial charge < -0.3 is 24.4 Å². The van der Waals surface area contributed by atoms with Gasteiger partial charge in [0.2, 0.25) is 0 Å². The van der Waals surface area contributed by atoms with E-state index in [9.17, 15) is 10.2 Å². The molecule has 2 fully saturated rings. The van der Waals surface area contributed by atoms with Crippen LogP contribution in [0.4, 0.5) is 0 Å². The van der Waals surface area contributed by atoms with Crippen molar-refractivity contribution < 1.29 is 24.4 Å². The van der Waals surface area contributed by atoms with E-state index in [2.05, 4.69) is 0 Å². The molecular formula is C11H20O5. The standard InChI is InChI=1S/C11H20O5/c1-6-8-9(15-10(3,4)14-8)16-11(6,5-12)7(2)13/h6-9,12-13H,5H2,1-4H3/t6-,7-,8+,9-,11-/m0/s1. The normalized spacial score (nSPS) is 48.0. The number of ether oxygens (including phenoxy) is 3. The Kier molecular flexibility index (Phi) is 2.79. The summed E-state index contributed by atoms with van der Waals surface area (Å²) in [6.45, 7) is 6.91. The fraction of sp³-hybridized carbons (Fsp3) is 1.00. The third-order valence-electron chi connectivity index (χ3n) is 3.64. The first kappa shape index (κ1) is 12.3. The lowest BCUT2D eigenvalue weighted by atomic mass is 9.84. The SMILES string of the molecule is C[C@H](O)[C@@]1(CO)O[C@@H]2OC(C)(C)O[C@@H]2[C@@H]1C. The average molecular weight is 232 g/mol. The maximum atomic E-state index is 9.76. The third-order valence-corrected chi connectivity index (χ3v) is 3.64. The molecule has 2 heterocycles. The van der Waals surface area contributed by atoms with E-state index in [1.54, 1.807) is 6.92 Å². The summed E-state index contributed by atoms with van der Waals surface area (Å²) in [5.74, 6) is -0.784. The van der Waals surface area contributed by atoms with Gasteiger partial charge in [-0.15, -0.1) is 0 Å². The first-order valence-electron chi connectivity index (χ1n) is 5.65. The van der Waals surface area contributed by atoms with Crippen LogP contribution in [-0.4, -0.2) is 46.7 Å². The Balaban J connectivity index is 2.21. The van der Waals surface area contributed by atoms with Crippen LogP contribution in [0.1, 0.15) is 27.7 Å². The van der Waals surface area contributed by atoms with Crippen LogP contribution in [0.2, 0.25) is 0 Å². The molecule has 0 saturated carbocycles. The van der Waals surface area contributed by atoms with Gasteiger partial charge in [-0.3, -0.25) is 0 Å². The predicted molar refractivity (Wildman–Crippen MR) is 55.6 cm³/mol. The third kappa shape index (κ3) is 1.58. The van der Waals surface area contributed by atoms with E-state index in [0.29, 0.717) is 0 Å². The van der Waals surface area contributed by atoms with Gasteiger partial charge >= 0.3 is 0 Å². The van der Waals surface area contributed by atoms with E-state index in [1.165, 1.54) is 0 Å².